The number of rotatable bonds is 3. The van der Waals surface area contributed by atoms with E-state index in [1.54, 1.807) is 0 Å². The monoisotopic (exact) mass is 271 g/mol. The largest absolute Gasteiger partial charge is 0.388 e. The van der Waals surface area contributed by atoms with Crippen LogP contribution in [-0.2, 0) is 0 Å². The van der Waals surface area contributed by atoms with Gasteiger partial charge < -0.3 is 5.11 Å². The van der Waals surface area contributed by atoms with Gasteiger partial charge in [0, 0.05) is 12.4 Å². The molecule has 1 heterocycles. The Hall–Kier alpha value is -0.890. The molecule has 5 rings (SSSR count). The smallest absolute Gasteiger partial charge is 0.0810 e. The van der Waals surface area contributed by atoms with E-state index in [0.717, 1.165) is 35.3 Å². The quantitative estimate of drug-likeness (QED) is 0.900. The van der Waals surface area contributed by atoms with Gasteiger partial charge in [0.2, 0.25) is 0 Å². The lowest BCUT2D eigenvalue weighted by molar-refractivity contribution is -0.0764. The summed E-state index contributed by atoms with van der Waals surface area (Å²) in [7, 11) is 0. The predicted molar refractivity (Wildman–Crippen MR) is 79.2 cm³/mol. The highest BCUT2D eigenvalue weighted by Crippen LogP contribution is 2.62. The Kier molecular flexibility index (Phi) is 2.92. The van der Waals surface area contributed by atoms with Gasteiger partial charge in [0.25, 0.3) is 0 Å². The van der Waals surface area contributed by atoms with E-state index < -0.39 is 0 Å². The van der Waals surface area contributed by atoms with Crippen molar-refractivity contribution in [2.24, 2.45) is 23.2 Å². The fraction of sp³-hybridized carbons (Fsp3) is 0.722. The fourth-order valence-corrected chi connectivity index (χ4v) is 5.83. The van der Waals surface area contributed by atoms with Crippen molar-refractivity contribution >= 4 is 0 Å². The lowest BCUT2D eigenvalue weighted by Crippen LogP contribution is -2.46. The molecule has 1 aromatic rings. The van der Waals surface area contributed by atoms with Crippen LogP contribution in [0.3, 0.4) is 0 Å². The molecule has 4 saturated carbocycles. The van der Waals surface area contributed by atoms with Crippen LogP contribution in [0, 0.1) is 30.1 Å². The highest BCUT2D eigenvalue weighted by Gasteiger charge is 2.51. The third-order valence-corrected chi connectivity index (χ3v) is 6.07. The molecule has 4 aliphatic carbocycles. The van der Waals surface area contributed by atoms with E-state index in [1.165, 1.54) is 38.5 Å². The van der Waals surface area contributed by atoms with Gasteiger partial charge in [0.15, 0.2) is 0 Å². The molecule has 4 fully saturated rings. The highest BCUT2D eigenvalue weighted by atomic mass is 16.3. The standard InChI is InChI=1S/C18H25NO/c1-12-2-16(11-19-10-12)17(20)9-18-6-13-3-14(7-18)5-15(4-13)8-18/h2,10-11,13-15,17,20H,3-9H2,1H3. The summed E-state index contributed by atoms with van der Waals surface area (Å²) in [4.78, 5) is 4.24. The molecule has 2 heteroatoms. The Balaban J connectivity index is 1.53. The third kappa shape index (κ3) is 2.18. The van der Waals surface area contributed by atoms with Crippen LogP contribution in [0.1, 0.15) is 62.2 Å². The van der Waals surface area contributed by atoms with Crippen LogP contribution in [0.25, 0.3) is 0 Å². The first-order valence-electron chi connectivity index (χ1n) is 8.21. The van der Waals surface area contributed by atoms with Crippen LogP contribution in [0.2, 0.25) is 0 Å². The molecule has 2 nitrogen and oxygen atoms in total. The van der Waals surface area contributed by atoms with E-state index in [0.29, 0.717) is 5.41 Å². The molecule has 1 atom stereocenters. The molecule has 0 aliphatic heterocycles. The van der Waals surface area contributed by atoms with Crippen molar-refractivity contribution in [1.82, 2.24) is 4.98 Å². The minimum Gasteiger partial charge on any atom is -0.388 e. The summed E-state index contributed by atoms with van der Waals surface area (Å²) in [5, 5.41) is 10.7. The van der Waals surface area contributed by atoms with E-state index in [4.69, 9.17) is 0 Å². The van der Waals surface area contributed by atoms with Crippen molar-refractivity contribution in [2.45, 2.75) is 58.0 Å². The maximum atomic E-state index is 10.7. The van der Waals surface area contributed by atoms with Crippen molar-refractivity contribution in [3.05, 3.63) is 29.6 Å². The molecule has 1 N–H and O–H groups in total. The zero-order valence-corrected chi connectivity index (χ0v) is 12.4. The lowest BCUT2D eigenvalue weighted by Gasteiger charge is -2.57. The van der Waals surface area contributed by atoms with Crippen molar-refractivity contribution in [3.63, 3.8) is 0 Å². The second-order valence-corrected chi connectivity index (χ2v) is 7.93. The van der Waals surface area contributed by atoms with Crippen LogP contribution in [0.4, 0.5) is 0 Å². The molecule has 20 heavy (non-hydrogen) atoms. The molecule has 0 radical (unpaired) electrons. The van der Waals surface area contributed by atoms with Gasteiger partial charge in [-0.15, -0.1) is 0 Å². The first-order valence-corrected chi connectivity index (χ1v) is 8.21. The van der Waals surface area contributed by atoms with Crippen LogP contribution in [-0.4, -0.2) is 10.1 Å². The van der Waals surface area contributed by atoms with E-state index in [-0.39, 0.29) is 6.10 Å². The van der Waals surface area contributed by atoms with Gasteiger partial charge in [-0.05, 0) is 86.2 Å². The van der Waals surface area contributed by atoms with Gasteiger partial charge in [0.05, 0.1) is 6.10 Å². The van der Waals surface area contributed by atoms with Crippen molar-refractivity contribution in [3.8, 4) is 0 Å². The Morgan fingerprint density at radius 2 is 1.75 bits per heavy atom. The molecule has 0 saturated heterocycles. The van der Waals surface area contributed by atoms with E-state index in [9.17, 15) is 5.11 Å². The van der Waals surface area contributed by atoms with Gasteiger partial charge >= 0.3 is 0 Å². The second kappa shape index (κ2) is 4.56. The van der Waals surface area contributed by atoms with E-state index in [1.807, 2.05) is 19.3 Å². The Morgan fingerprint density at radius 1 is 1.15 bits per heavy atom. The summed E-state index contributed by atoms with van der Waals surface area (Å²) in [5.41, 5.74) is 2.60. The topological polar surface area (TPSA) is 33.1 Å². The SMILES string of the molecule is Cc1cncc(C(O)CC23CC4CC(CC(C4)C2)C3)c1. The third-order valence-electron chi connectivity index (χ3n) is 6.07. The van der Waals surface area contributed by atoms with Gasteiger partial charge in [-0.25, -0.2) is 0 Å². The second-order valence-electron chi connectivity index (χ2n) is 7.93. The van der Waals surface area contributed by atoms with Crippen molar-refractivity contribution < 1.29 is 5.11 Å². The predicted octanol–water partition coefficient (Wildman–Crippen LogP) is 4.03. The van der Waals surface area contributed by atoms with Crippen LogP contribution < -0.4 is 0 Å². The molecule has 0 aromatic carbocycles. The number of aliphatic hydroxyl groups excluding tert-OH is 1. The summed E-state index contributed by atoms with van der Waals surface area (Å²) in [6.45, 7) is 2.05. The number of hydrogen-bond acceptors (Lipinski definition) is 2. The average molecular weight is 271 g/mol. The van der Waals surface area contributed by atoms with Crippen LogP contribution >= 0.6 is 0 Å². The molecule has 4 bridgehead atoms. The fourth-order valence-electron chi connectivity index (χ4n) is 5.83. The summed E-state index contributed by atoms with van der Waals surface area (Å²) in [6.07, 6.45) is 12.9. The molecule has 1 unspecified atom stereocenters. The molecule has 4 aliphatic rings. The molecule has 108 valence electrons. The zero-order valence-electron chi connectivity index (χ0n) is 12.4. The van der Waals surface area contributed by atoms with Gasteiger partial charge in [-0.3, -0.25) is 4.98 Å². The normalized spacial score (nSPS) is 40.0. The Bertz CT molecular complexity index is 475. The van der Waals surface area contributed by atoms with Gasteiger partial charge in [0.1, 0.15) is 0 Å². The summed E-state index contributed by atoms with van der Waals surface area (Å²) >= 11 is 0. The van der Waals surface area contributed by atoms with Crippen LogP contribution in [0.15, 0.2) is 18.5 Å². The maximum Gasteiger partial charge on any atom is 0.0810 e. The number of aromatic nitrogens is 1. The van der Waals surface area contributed by atoms with Gasteiger partial charge in [-0.2, -0.15) is 0 Å². The van der Waals surface area contributed by atoms with Crippen molar-refractivity contribution in [1.29, 1.82) is 0 Å². The zero-order chi connectivity index (χ0) is 13.7. The first kappa shape index (κ1) is 12.8. The summed E-state index contributed by atoms with van der Waals surface area (Å²) in [6, 6.07) is 2.10. The molecule has 0 spiro atoms. The number of aliphatic hydroxyl groups is 1. The van der Waals surface area contributed by atoms with Crippen LogP contribution in [0.5, 0.6) is 0 Å². The molecule has 0 amide bonds. The average Bonchev–Trinajstić information content (AvgIpc) is 2.36. The number of hydrogen-bond donors (Lipinski definition) is 1. The minimum absolute atomic E-state index is 0.321. The summed E-state index contributed by atoms with van der Waals surface area (Å²) < 4.78 is 0. The van der Waals surface area contributed by atoms with E-state index in [2.05, 4.69) is 11.1 Å². The van der Waals surface area contributed by atoms with E-state index >= 15 is 0 Å². The number of nitrogens with zero attached hydrogens (tertiary/aromatic N) is 1. The minimum atomic E-state index is -0.321. The Morgan fingerprint density at radius 3 is 2.30 bits per heavy atom. The first-order chi connectivity index (χ1) is 9.62. The summed E-state index contributed by atoms with van der Waals surface area (Å²) in [5.74, 6) is 2.89. The Labute approximate surface area is 121 Å². The molecule has 1 aromatic heterocycles. The maximum absolute atomic E-state index is 10.7. The highest BCUT2D eigenvalue weighted by molar-refractivity contribution is 5.19. The van der Waals surface area contributed by atoms with Gasteiger partial charge in [-0.1, -0.05) is 6.07 Å². The molecular formula is C18H25NO. The molecular weight excluding hydrogens is 246 g/mol. The number of pyridine rings is 1. The van der Waals surface area contributed by atoms with Crippen molar-refractivity contribution in [2.75, 3.05) is 0 Å². The lowest BCUT2D eigenvalue weighted by atomic mass is 9.48. The number of aryl methyl sites for hydroxylation is 1.